The standard InChI is InChI=1S/C12H10ClN3O2S2/c13-8-5-6-11(15-7-8)16-20(17,18)10-4-2-1-3-9(10)12(14)19/h1-7H,(H2,14,19)(H,15,16). The van der Waals surface area contributed by atoms with Crippen LogP contribution in [0.4, 0.5) is 5.82 Å². The fraction of sp³-hybridized carbons (Fsp3) is 0. The number of nitrogens with one attached hydrogen (secondary N) is 1. The number of benzene rings is 1. The Kier molecular flexibility index (Phi) is 4.22. The lowest BCUT2D eigenvalue weighted by molar-refractivity contribution is 0.601. The lowest BCUT2D eigenvalue weighted by Gasteiger charge is -2.10. The van der Waals surface area contributed by atoms with Crippen molar-refractivity contribution in [2.24, 2.45) is 5.73 Å². The SMILES string of the molecule is NC(=S)c1ccccc1S(=O)(=O)Nc1ccc(Cl)cn1. The Morgan fingerprint density at radius 1 is 1.25 bits per heavy atom. The second-order valence-electron chi connectivity index (χ2n) is 3.83. The van der Waals surface area contributed by atoms with Crippen molar-refractivity contribution in [1.29, 1.82) is 0 Å². The topological polar surface area (TPSA) is 85.1 Å². The van der Waals surface area contributed by atoms with E-state index in [4.69, 9.17) is 29.6 Å². The fourth-order valence-corrected chi connectivity index (χ4v) is 3.12. The summed E-state index contributed by atoms with van der Waals surface area (Å²) in [5.41, 5.74) is 5.81. The van der Waals surface area contributed by atoms with Gasteiger partial charge in [-0.3, -0.25) is 4.72 Å². The zero-order valence-corrected chi connectivity index (χ0v) is 12.5. The van der Waals surface area contributed by atoms with Gasteiger partial charge < -0.3 is 5.73 Å². The predicted octanol–water partition coefficient (Wildman–Crippen LogP) is 2.17. The van der Waals surface area contributed by atoms with Gasteiger partial charge in [-0.05, 0) is 18.2 Å². The van der Waals surface area contributed by atoms with Gasteiger partial charge in [0.25, 0.3) is 10.0 Å². The van der Waals surface area contributed by atoms with Crippen molar-refractivity contribution < 1.29 is 8.42 Å². The van der Waals surface area contributed by atoms with Crippen molar-refractivity contribution in [3.05, 3.63) is 53.2 Å². The smallest absolute Gasteiger partial charge is 0.263 e. The van der Waals surface area contributed by atoms with Crippen LogP contribution in [0.15, 0.2) is 47.5 Å². The first-order chi connectivity index (χ1) is 9.40. The number of thiocarbonyl (C=S) groups is 1. The lowest BCUT2D eigenvalue weighted by atomic mass is 10.2. The highest BCUT2D eigenvalue weighted by Gasteiger charge is 2.19. The second-order valence-corrected chi connectivity index (χ2v) is 6.35. The summed E-state index contributed by atoms with van der Waals surface area (Å²) < 4.78 is 27.0. The molecule has 0 atom stereocenters. The number of halogens is 1. The Morgan fingerprint density at radius 2 is 1.95 bits per heavy atom. The van der Waals surface area contributed by atoms with Gasteiger partial charge in [-0.15, -0.1) is 0 Å². The van der Waals surface area contributed by atoms with Gasteiger partial charge in [0.05, 0.1) is 9.92 Å². The van der Waals surface area contributed by atoms with Crippen LogP contribution in [-0.4, -0.2) is 18.4 Å². The summed E-state index contributed by atoms with van der Waals surface area (Å²) in [5.74, 6) is 0.159. The number of hydrogen-bond donors (Lipinski definition) is 2. The molecule has 0 amide bonds. The normalized spacial score (nSPS) is 11.1. The molecule has 0 aliphatic rings. The van der Waals surface area contributed by atoms with Gasteiger partial charge in [-0.2, -0.15) is 0 Å². The minimum Gasteiger partial charge on any atom is -0.389 e. The highest BCUT2D eigenvalue weighted by Crippen LogP contribution is 2.19. The van der Waals surface area contributed by atoms with E-state index in [0.717, 1.165) is 0 Å². The molecule has 5 nitrogen and oxygen atoms in total. The molecule has 1 aromatic carbocycles. The summed E-state index contributed by atoms with van der Waals surface area (Å²) in [5, 5.41) is 0.413. The Hall–Kier alpha value is -1.70. The van der Waals surface area contributed by atoms with E-state index in [1.54, 1.807) is 18.2 Å². The quantitative estimate of drug-likeness (QED) is 0.841. The molecule has 104 valence electrons. The van der Waals surface area contributed by atoms with E-state index in [1.165, 1.54) is 24.4 Å². The molecule has 0 fully saturated rings. The van der Waals surface area contributed by atoms with Gasteiger partial charge in [-0.25, -0.2) is 13.4 Å². The van der Waals surface area contributed by atoms with Crippen LogP contribution in [0, 0.1) is 0 Å². The first-order valence-electron chi connectivity index (χ1n) is 5.43. The number of anilines is 1. The summed E-state index contributed by atoms with van der Waals surface area (Å²) in [6, 6.07) is 9.22. The molecule has 1 heterocycles. The van der Waals surface area contributed by atoms with E-state index < -0.39 is 10.0 Å². The van der Waals surface area contributed by atoms with Crippen molar-refractivity contribution in [2.45, 2.75) is 4.90 Å². The number of sulfonamides is 1. The van der Waals surface area contributed by atoms with Crippen molar-refractivity contribution in [3.8, 4) is 0 Å². The van der Waals surface area contributed by atoms with Crippen molar-refractivity contribution >= 4 is 44.6 Å². The molecule has 1 aromatic heterocycles. The highest BCUT2D eigenvalue weighted by atomic mass is 35.5. The summed E-state index contributed by atoms with van der Waals surface area (Å²) in [6.45, 7) is 0. The molecule has 0 aliphatic carbocycles. The Bertz CT molecular complexity index is 746. The van der Waals surface area contributed by atoms with Crippen LogP contribution in [0.5, 0.6) is 0 Å². The first kappa shape index (κ1) is 14.7. The van der Waals surface area contributed by atoms with Gasteiger partial charge in [-0.1, -0.05) is 42.0 Å². The molecule has 0 spiro atoms. The molecule has 20 heavy (non-hydrogen) atoms. The molecule has 0 bridgehead atoms. The summed E-state index contributed by atoms with van der Waals surface area (Å²) in [4.78, 5) is 3.89. The maximum atomic E-state index is 12.3. The molecule has 0 unspecified atom stereocenters. The number of pyridine rings is 1. The number of hydrogen-bond acceptors (Lipinski definition) is 4. The third kappa shape index (κ3) is 3.24. The third-order valence-corrected chi connectivity index (χ3v) is 4.26. The molecular formula is C12H10ClN3O2S2. The van der Waals surface area contributed by atoms with Crippen LogP contribution in [0.1, 0.15) is 5.56 Å². The van der Waals surface area contributed by atoms with Crippen LogP contribution in [0.2, 0.25) is 5.02 Å². The Labute approximate surface area is 126 Å². The van der Waals surface area contributed by atoms with E-state index in [9.17, 15) is 8.42 Å². The Morgan fingerprint density at radius 3 is 2.55 bits per heavy atom. The van der Waals surface area contributed by atoms with Crippen LogP contribution in [0.3, 0.4) is 0 Å². The molecule has 2 aromatic rings. The molecule has 3 N–H and O–H groups in total. The highest BCUT2D eigenvalue weighted by molar-refractivity contribution is 7.93. The Balaban J connectivity index is 2.41. The maximum Gasteiger partial charge on any atom is 0.263 e. The zero-order valence-electron chi connectivity index (χ0n) is 10.1. The monoisotopic (exact) mass is 327 g/mol. The van der Waals surface area contributed by atoms with Crippen LogP contribution < -0.4 is 10.5 Å². The summed E-state index contributed by atoms with van der Waals surface area (Å²) >= 11 is 10.5. The van der Waals surface area contributed by atoms with Gasteiger partial charge in [0.2, 0.25) is 0 Å². The van der Waals surface area contributed by atoms with Crippen LogP contribution in [-0.2, 0) is 10.0 Å². The second kappa shape index (κ2) is 5.74. The average molecular weight is 328 g/mol. The maximum absolute atomic E-state index is 12.3. The minimum absolute atomic E-state index is 0.00394. The van der Waals surface area contributed by atoms with Gasteiger partial charge in [0.1, 0.15) is 10.8 Å². The third-order valence-electron chi connectivity index (χ3n) is 2.41. The molecular weight excluding hydrogens is 318 g/mol. The molecule has 8 heteroatoms. The molecule has 0 aliphatic heterocycles. The van der Waals surface area contributed by atoms with Crippen LogP contribution in [0.25, 0.3) is 0 Å². The average Bonchev–Trinajstić information content (AvgIpc) is 2.41. The van der Waals surface area contributed by atoms with Crippen molar-refractivity contribution in [3.63, 3.8) is 0 Å². The predicted molar refractivity (Wildman–Crippen MR) is 82.4 cm³/mol. The minimum atomic E-state index is -3.82. The van der Waals surface area contributed by atoms with E-state index >= 15 is 0 Å². The number of nitrogens with zero attached hydrogens (tertiary/aromatic N) is 1. The molecule has 0 saturated heterocycles. The number of aromatic nitrogens is 1. The molecule has 2 rings (SSSR count). The molecule has 0 radical (unpaired) electrons. The van der Waals surface area contributed by atoms with E-state index in [0.29, 0.717) is 5.02 Å². The summed E-state index contributed by atoms with van der Waals surface area (Å²) in [6.07, 6.45) is 1.35. The van der Waals surface area contributed by atoms with Crippen molar-refractivity contribution in [1.82, 2.24) is 4.98 Å². The molecule has 0 saturated carbocycles. The largest absolute Gasteiger partial charge is 0.389 e. The fourth-order valence-electron chi connectivity index (χ4n) is 1.53. The van der Waals surface area contributed by atoms with Crippen LogP contribution >= 0.6 is 23.8 Å². The number of nitrogens with two attached hydrogens (primary N) is 1. The van der Waals surface area contributed by atoms with Crippen molar-refractivity contribution in [2.75, 3.05) is 4.72 Å². The zero-order chi connectivity index (χ0) is 14.8. The van der Waals surface area contributed by atoms with Gasteiger partial charge >= 0.3 is 0 Å². The summed E-state index contributed by atoms with van der Waals surface area (Å²) in [7, 11) is -3.82. The first-order valence-corrected chi connectivity index (χ1v) is 7.70. The van der Waals surface area contributed by atoms with E-state index in [1.807, 2.05) is 0 Å². The van der Waals surface area contributed by atoms with Gasteiger partial charge in [0, 0.05) is 11.8 Å². The lowest BCUT2D eigenvalue weighted by Crippen LogP contribution is -2.20. The van der Waals surface area contributed by atoms with Gasteiger partial charge in [0.15, 0.2) is 0 Å². The number of rotatable bonds is 4. The van der Waals surface area contributed by atoms with E-state index in [-0.39, 0.29) is 21.3 Å². The van der Waals surface area contributed by atoms with E-state index in [2.05, 4.69) is 9.71 Å².